The van der Waals surface area contributed by atoms with E-state index in [0.29, 0.717) is 63.8 Å². The Morgan fingerprint density at radius 1 is 0.595 bits per heavy atom. The molecule has 0 unspecified atom stereocenters. The highest BCUT2D eigenvalue weighted by Crippen LogP contribution is 2.37. The molecule has 0 aromatic carbocycles. The van der Waals surface area contributed by atoms with Crippen molar-refractivity contribution < 1.29 is 18.9 Å². The molecule has 0 atom stereocenters. The van der Waals surface area contributed by atoms with Gasteiger partial charge in [-0.2, -0.15) is 29.9 Å². The van der Waals surface area contributed by atoms with Gasteiger partial charge in [0.15, 0.2) is 12.6 Å². The first kappa shape index (κ1) is 27.1. The van der Waals surface area contributed by atoms with Gasteiger partial charge < -0.3 is 41.9 Å². The number of anilines is 4. The Morgan fingerprint density at radius 2 is 0.892 bits per heavy atom. The molecule has 0 aliphatic carbocycles. The van der Waals surface area contributed by atoms with Crippen molar-refractivity contribution in [1.82, 2.24) is 29.9 Å². The van der Waals surface area contributed by atoms with Gasteiger partial charge in [-0.3, -0.25) is 0 Å². The van der Waals surface area contributed by atoms with E-state index in [1.807, 2.05) is 0 Å². The predicted octanol–water partition coefficient (Wildman–Crippen LogP) is 0.735. The van der Waals surface area contributed by atoms with Crippen molar-refractivity contribution >= 4 is 23.8 Å². The van der Waals surface area contributed by atoms with Crippen molar-refractivity contribution in [2.45, 2.75) is 66.0 Å². The smallest absolute Gasteiger partial charge is 0.225 e. The fourth-order valence-corrected chi connectivity index (χ4v) is 4.64. The van der Waals surface area contributed by atoms with Crippen molar-refractivity contribution in [3.63, 3.8) is 0 Å². The second-order valence-electron chi connectivity index (χ2n) is 11.6. The SMILES string of the molecule is CC(C)(Cc1nc(N)nc(N)n1)CC1OCC2(CO1)COC(CC(C)(C)Cc1nc(N)nc(N)n1)OC2. The molecule has 2 aromatic rings. The van der Waals surface area contributed by atoms with Gasteiger partial charge in [-0.15, -0.1) is 0 Å². The Kier molecular flexibility index (Phi) is 7.65. The monoisotopic (exact) mass is 518 g/mol. The van der Waals surface area contributed by atoms with Crippen LogP contribution in [0.2, 0.25) is 0 Å². The first-order valence-electron chi connectivity index (χ1n) is 12.3. The lowest BCUT2D eigenvalue weighted by molar-refractivity contribution is -0.309. The summed E-state index contributed by atoms with van der Waals surface area (Å²) in [5.74, 6) is 1.56. The average molecular weight is 519 g/mol. The first-order valence-corrected chi connectivity index (χ1v) is 12.3. The molecule has 14 heteroatoms. The molecule has 2 fully saturated rings. The minimum Gasteiger partial charge on any atom is -0.368 e. The standard InChI is InChI=1S/C23H38N10O4/c1-21(2,5-13-28-17(24)32-18(25)29-13)7-15-34-9-23(10-35-15)11-36-16(37-12-23)8-22(3,4)6-14-30-19(26)33-20(27)31-14/h15-16H,5-12H2,1-4H3,(H4,24,25,28,29,32)(H4,26,27,30,31,33). The van der Waals surface area contributed by atoms with Gasteiger partial charge in [-0.05, 0) is 10.8 Å². The summed E-state index contributed by atoms with van der Waals surface area (Å²) >= 11 is 0. The molecule has 0 amide bonds. The van der Waals surface area contributed by atoms with Crippen molar-refractivity contribution in [3.8, 4) is 0 Å². The Bertz CT molecular complexity index is 954. The van der Waals surface area contributed by atoms with Crippen LogP contribution in [-0.2, 0) is 31.8 Å². The lowest BCUT2D eigenvalue weighted by Gasteiger charge is -2.45. The summed E-state index contributed by atoms with van der Waals surface area (Å²) in [6.45, 7) is 10.3. The molecule has 2 aliphatic rings. The molecule has 14 nitrogen and oxygen atoms in total. The maximum absolute atomic E-state index is 6.10. The van der Waals surface area contributed by atoms with Crippen molar-refractivity contribution in [3.05, 3.63) is 11.6 Å². The second-order valence-corrected chi connectivity index (χ2v) is 11.6. The van der Waals surface area contributed by atoms with E-state index in [2.05, 4.69) is 57.6 Å². The van der Waals surface area contributed by atoms with E-state index in [1.54, 1.807) is 0 Å². The molecular formula is C23H38N10O4. The molecule has 0 radical (unpaired) electrons. The number of nitrogen functional groups attached to an aromatic ring is 4. The number of nitrogens with zero attached hydrogens (tertiary/aromatic N) is 6. The van der Waals surface area contributed by atoms with E-state index in [1.165, 1.54) is 0 Å². The maximum atomic E-state index is 6.10. The number of hydrogen-bond donors (Lipinski definition) is 4. The van der Waals surface area contributed by atoms with E-state index in [-0.39, 0.29) is 52.6 Å². The van der Waals surface area contributed by atoms with Crippen LogP contribution in [0.25, 0.3) is 0 Å². The highest BCUT2D eigenvalue weighted by Gasteiger charge is 2.44. The van der Waals surface area contributed by atoms with Gasteiger partial charge in [0.2, 0.25) is 23.8 Å². The lowest BCUT2D eigenvalue weighted by atomic mass is 9.83. The van der Waals surface area contributed by atoms with Gasteiger partial charge in [0.25, 0.3) is 0 Å². The first-order chi connectivity index (χ1) is 17.3. The number of rotatable bonds is 8. The normalized spacial score (nSPS) is 24.9. The van der Waals surface area contributed by atoms with Crippen LogP contribution < -0.4 is 22.9 Å². The van der Waals surface area contributed by atoms with Crippen LogP contribution >= 0.6 is 0 Å². The fraction of sp³-hybridized carbons (Fsp3) is 0.739. The van der Waals surface area contributed by atoms with Gasteiger partial charge in [0, 0.05) is 25.7 Å². The zero-order chi connectivity index (χ0) is 26.8. The van der Waals surface area contributed by atoms with E-state index in [4.69, 9.17) is 41.9 Å². The van der Waals surface area contributed by atoms with Gasteiger partial charge in [-0.1, -0.05) is 27.7 Å². The van der Waals surface area contributed by atoms with Gasteiger partial charge in [-0.25, -0.2) is 0 Å². The third-order valence-electron chi connectivity index (χ3n) is 6.45. The zero-order valence-corrected chi connectivity index (χ0v) is 21.9. The largest absolute Gasteiger partial charge is 0.368 e. The minimum atomic E-state index is -0.353. The summed E-state index contributed by atoms with van der Waals surface area (Å²) in [6, 6.07) is 0. The van der Waals surface area contributed by atoms with Gasteiger partial charge in [0.05, 0.1) is 31.8 Å². The maximum Gasteiger partial charge on any atom is 0.225 e. The van der Waals surface area contributed by atoms with Crippen molar-refractivity contribution in [1.29, 1.82) is 0 Å². The van der Waals surface area contributed by atoms with E-state index in [9.17, 15) is 0 Å². The Morgan fingerprint density at radius 3 is 1.19 bits per heavy atom. The van der Waals surface area contributed by atoms with Crippen molar-refractivity contribution in [2.75, 3.05) is 49.4 Å². The molecular weight excluding hydrogens is 480 g/mol. The highest BCUT2D eigenvalue weighted by atomic mass is 16.7. The van der Waals surface area contributed by atoms with Crippen LogP contribution in [0.3, 0.4) is 0 Å². The lowest BCUT2D eigenvalue weighted by Crippen LogP contribution is -2.53. The Hall–Kier alpha value is -2.94. The fourth-order valence-electron chi connectivity index (χ4n) is 4.64. The Balaban J connectivity index is 1.24. The average Bonchev–Trinajstić information content (AvgIpc) is 2.75. The summed E-state index contributed by atoms with van der Waals surface area (Å²) in [5, 5.41) is 0. The van der Waals surface area contributed by atoms with Crippen LogP contribution in [-0.4, -0.2) is 68.9 Å². The molecule has 0 saturated carbocycles. The molecule has 4 rings (SSSR count). The molecule has 2 saturated heterocycles. The van der Waals surface area contributed by atoms with E-state index in [0.717, 1.165) is 0 Å². The van der Waals surface area contributed by atoms with Crippen LogP contribution in [0.4, 0.5) is 23.8 Å². The molecule has 8 N–H and O–H groups in total. The number of nitrogens with two attached hydrogens (primary N) is 4. The third-order valence-corrected chi connectivity index (χ3v) is 6.45. The zero-order valence-electron chi connectivity index (χ0n) is 21.9. The Labute approximate surface area is 216 Å². The summed E-state index contributed by atoms with van der Waals surface area (Å²) in [6.07, 6.45) is 1.72. The van der Waals surface area contributed by atoms with Crippen LogP contribution in [0, 0.1) is 16.2 Å². The quantitative estimate of drug-likeness (QED) is 0.379. The minimum absolute atomic E-state index is 0.115. The van der Waals surface area contributed by atoms with Gasteiger partial charge in [0.1, 0.15) is 11.6 Å². The molecule has 204 valence electrons. The summed E-state index contributed by atoms with van der Waals surface area (Å²) < 4.78 is 24.4. The molecule has 4 heterocycles. The van der Waals surface area contributed by atoms with Crippen LogP contribution in [0.1, 0.15) is 52.2 Å². The summed E-state index contributed by atoms with van der Waals surface area (Å²) in [4.78, 5) is 24.4. The number of ether oxygens (including phenoxy) is 4. The molecule has 2 aliphatic heterocycles. The second kappa shape index (κ2) is 10.4. The molecule has 0 bridgehead atoms. The number of aromatic nitrogens is 6. The van der Waals surface area contributed by atoms with E-state index < -0.39 is 0 Å². The van der Waals surface area contributed by atoms with Crippen molar-refractivity contribution in [2.24, 2.45) is 16.2 Å². The molecule has 2 aromatic heterocycles. The summed E-state index contributed by atoms with van der Waals surface area (Å²) in [7, 11) is 0. The van der Waals surface area contributed by atoms with E-state index >= 15 is 0 Å². The molecule has 1 spiro atoms. The summed E-state index contributed by atoms with van der Waals surface area (Å²) in [5.41, 5.74) is 22.0. The van der Waals surface area contributed by atoms with Gasteiger partial charge >= 0.3 is 0 Å². The van der Waals surface area contributed by atoms with Crippen LogP contribution in [0.15, 0.2) is 0 Å². The highest BCUT2D eigenvalue weighted by molar-refractivity contribution is 5.26. The number of hydrogen-bond acceptors (Lipinski definition) is 14. The van der Waals surface area contributed by atoms with Crippen LogP contribution in [0.5, 0.6) is 0 Å². The predicted molar refractivity (Wildman–Crippen MR) is 135 cm³/mol. The molecule has 37 heavy (non-hydrogen) atoms. The topological polar surface area (TPSA) is 218 Å². The third kappa shape index (κ3) is 7.53.